The Kier molecular flexibility index (Phi) is 6.31. The van der Waals surface area contributed by atoms with E-state index in [1.54, 1.807) is 0 Å². The van der Waals surface area contributed by atoms with Crippen molar-refractivity contribution >= 4 is 17.7 Å². The summed E-state index contributed by atoms with van der Waals surface area (Å²) in [6.45, 7) is 3.64. The molecule has 1 amide bonds. The number of carbonyl (C=O) groups excluding carboxylic acids is 1. The van der Waals surface area contributed by atoms with Gasteiger partial charge in [0.1, 0.15) is 0 Å². The van der Waals surface area contributed by atoms with E-state index in [1.165, 1.54) is 5.75 Å². The highest BCUT2D eigenvalue weighted by molar-refractivity contribution is 7.99. The summed E-state index contributed by atoms with van der Waals surface area (Å²) < 4.78 is 5.33. The van der Waals surface area contributed by atoms with Gasteiger partial charge >= 0.3 is 0 Å². The number of hydrogen-bond acceptors (Lipinski definition) is 4. The fourth-order valence-corrected chi connectivity index (χ4v) is 3.45. The first kappa shape index (κ1) is 14.2. The van der Waals surface area contributed by atoms with Crippen LogP contribution in [0, 0.1) is 5.92 Å². The van der Waals surface area contributed by atoms with E-state index < -0.39 is 0 Å². The van der Waals surface area contributed by atoms with E-state index in [4.69, 9.17) is 4.74 Å². The Morgan fingerprint density at radius 3 is 2.94 bits per heavy atom. The first-order valence-electron chi connectivity index (χ1n) is 7.00. The third-order valence-corrected chi connectivity index (χ3v) is 4.78. The summed E-state index contributed by atoms with van der Waals surface area (Å²) in [6, 6.07) is 0.367. The predicted molar refractivity (Wildman–Crippen MR) is 74.9 cm³/mol. The Hall–Kier alpha value is -0.260. The number of rotatable bonds is 5. The van der Waals surface area contributed by atoms with E-state index in [9.17, 15) is 4.79 Å². The van der Waals surface area contributed by atoms with E-state index in [0.717, 1.165) is 57.2 Å². The molecule has 0 aromatic rings. The zero-order valence-electron chi connectivity index (χ0n) is 11.0. The van der Waals surface area contributed by atoms with Crippen molar-refractivity contribution in [1.29, 1.82) is 0 Å². The first-order valence-corrected chi connectivity index (χ1v) is 8.15. The molecule has 0 saturated carbocycles. The van der Waals surface area contributed by atoms with Crippen LogP contribution in [0.15, 0.2) is 0 Å². The van der Waals surface area contributed by atoms with Crippen LogP contribution < -0.4 is 10.6 Å². The highest BCUT2D eigenvalue weighted by Crippen LogP contribution is 2.17. The maximum absolute atomic E-state index is 11.8. The zero-order valence-corrected chi connectivity index (χ0v) is 11.8. The number of nitrogens with one attached hydrogen (secondary N) is 2. The van der Waals surface area contributed by atoms with Gasteiger partial charge in [-0.05, 0) is 25.2 Å². The molecule has 2 saturated heterocycles. The topological polar surface area (TPSA) is 50.4 Å². The fourth-order valence-electron chi connectivity index (χ4n) is 2.50. The van der Waals surface area contributed by atoms with Crippen molar-refractivity contribution in [3.8, 4) is 0 Å². The summed E-state index contributed by atoms with van der Waals surface area (Å²) in [6.07, 6.45) is 4.02. The van der Waals surface area contributed by atoms with E-state index in [-0.39, 0.29) is 5.91 Å². The summed E-state index contributed by atoms with van der Waals surface area (Å²) in [5.74, 6) is 3.17. The van der Waals surface area contributed by atoms with Crippen LogP contribution in [0.1, 0.15) is 25.7 Å². The molecule has 0 aromatic carbocycles. The highest BCUT2D eigenvalue weighted by atomic mass is 32.2. The average Bonchev–Trinajstić information content (AvgIpc) is 2.41. The minimum atomic E-state index is 0.196. The lowest BCUT2D eigenvalue weighted by molar-refractivity contribution is -0.121. The molecule has 104 valence electrons. The van der Waals surface area contributed by atoms with Crippen LogP contribution in [-0.2, 0) is 9.53 Å². The van der Waals surface area contributed by atoms with Crippen molar-refractivity contribution in [2.75, 3.05) is 37.8 Å². The Bertz CT molecular complexity index is 251. The fraction of sp³-hybridized carbons (Fsp3) is 0.923. The summed E-state index contributed by atoms with van der Waals surface area (Å²) in [7, 11) is 0. The van der Waals surface area contributed by atoms with Gasteiger partial charge in [-0.15, -0.1) is 0 Å². The van der Waals surface area contributed by atoms with Crippen LogP contribution in [0.3, 0.4) is 0 Å². The average molecular weight is 272 g/mol. The van der Waals surface area contributed by atoms with Crippen LogP contribution in [0.5, 0.6) is 0 Å². The van der Waals surface area contributed by atoms with Crippen molar-refractivity contribution in [3.63, 3.8) is 0 Å². The molecule has 2 aliphatic rings. The Morgan fingerprint density at radius 2 is 2.22 bits per heavy atom. The molecule has 2 fully saturated rings. The van der Waals surface area contributed by atoms with Crippen LogP contribution in [-0.4, -0.2) is 49.8 Å². The maximum atomic E-state index is 11.8. The molecule has 0 spiro atoms. The van der Waals surface area contributed by atoms with Gasteiger partial charge < -0.3 is 15.4 Å². The number of amides is 1. The largest absolute Gasteiger partial charge is 0.381 e. The molecule has 0 bridgehead atoms. The lowest BCUT2D eigenvalue weighted by Gasteiger charge is -2.23. The minimum absolute atomic E-state index is 0.196. The summed E-state index contributed by atoms with van der Waals surface area (Å²) >= 11 is 1.94. The number of carbonyl (C=O) groups is 1. The van der Waals surface area contributed by atoms with Crippen LogP contribution in [0.25, 0.3) is 0 Å². The molecule has 18 heavy (non-hydrogen) atoms. The van der Waals surface area contributed by atoms with Gasteiger partial charge in [-0.1, -0.05) is 0 Å². The Morgan fingerprint density at radius 1 is 1.39 bits per heavy atom. The van der Waals surface area contributed by atoms with Gasteiger partial charge in [0.15, 0.2) is 0 Å². The number of ether oxygens (including phenoxy) is 1. The van der Waals surface area contributed by atoms with Gasteiger partial charge in [0.05, 0.1) is 0 Å². The van der Waals surface area contributed by atoms with Gasteiger partial charge in [0.25, 0.3) is 0 Å². The van der Waals surface area contributed by atoms with E-state index in [2.05, 4.69) is 10.6 Å². The maximum Gasteiger partial charge on any atom is 0.221 e. The normalized spacial score (nSPS) is 25.9. The molecule has 2 aliphatic heterocycles. The number of hydrogen-bond donors (Lipinski definition) is 2. The molecular weight excluding hydrogens is 248 g/mol. The molecule has 0 radical (unpaired) electrons. The van der Waals surface area contributed by atoms with Crippen molar-refractivity contribution in [3.05, 3.63) is 0 Å². The second kappa shape index (κ2) is 8.02. The second-order valence-electron chi connectivity index (χ2n) is 5.12. The van der Waals surface area contributed by atoms with Gasteiger partial charge in [-0.25, -0.2) is 0 Å². The molecule has 2 heterocycles. The molecule has 0 aromatic heterocycles. The van der Waals surface area contributed by atoms with Gasteiger partial charge in [0, 0.05) is 50.3 Å². The molecule has 0 aliphatic carbocycles. The molecule has 1 unspecified atom stereocenters. The lowest BCUT2D eigenvalue weighted by Crippen LogP contribution is -2.41. The van der Waals surface area contributed by atoms with Crippen molar-refractivity contribution in [2.45, 2.75) is 31.7 Å². The van der Waals surface area contributed by atoms with Gasteiger partial charge in [-0.3, -0.25) is 4.79 Å². The highest BCUT2D eigenvalue weighted by Gasteiger charge is 2.17. The number of thioether (sulfide) groups is 1. The lowest BCUT2D eigenvalue weighted by atomic mass is 9.97. The SMILES string of the molecule is O=C(CC1CSCCN1)NCCC1CCOCC1. The zero-order chi connectivity index (χ0) is 12.6. The molecule has 1 atom stereocenters. The quantitative estimate of drug-likeness (QED) is 0.784. The first-order chi connectivity index (χ1) is 8.84. The minimum Gasteiger partial charge on any atom is -0.381 e. The Labute approximate surface area is 114 Å². The summed E-state index contributed by atoms with van der Waals surface area (Å²) in [4.78, 5) is 11.8. The predicted octanol–water partition coefficient (Wildman–Crippen LogP) is 1.01. The molecule has 2 N–H and O–H groups in total. The third kappa shape index (κ3) is 5.16. The molecule has 5 heteroatoms. The van der Waals surface area contributed by atoms with Crippen molar-refractivity contribution < 1.29 is 9.53 Å². The summed E-state index contributed by atoms with van der Waals surface area (Å²) in [5, 5.41) is 6.44. The second-order valence-corrected chi connectivity index (χ2v) is 6.27. The van der Waals surface area contributed by atoms with Crippen LogP contribution in [0.4, 0.5) is 0 Å². The van der Waals surface area contributed by atoms with E-state index in [1.807, 2.05) is 11.8 Å². The van der Waals surface area contributed by atoms with Crippen LogP contribution >= 0.6 is 11.8 Å². The monoisotopic (exact) mass is 272 g/mol. The standard InChI is InChI=1S/C13H24N2O2S/c16-13(9-12-10-18-8-5-14-12)15-4-1-11-2-6-17-7-3-11/h11-12,14H,1-10H2,(H,15,16). The van der Waals surface area contributed by atoms with Gasteiger partial charge in [0.2, 0.25) is 5.91 Å². The smallest absolute Gasteiger partial charge is 0.221 e. The summed E-state index contributed by atoms with van der Waals surface area (Å²) in [5.41, 5.74) is 0. The Balaban J connectivity index is 1.53. The van der Waals surface area contributed by atoms with E-state index >= 15 is 0 Å². The van der Waals surface area contributed by atoms with Crippen molar-refractivity contribution in [2.24, 2.45) is 5.92 Å². The molecule has 2 rings (SSSR count). The third-order valence-electron chi connectivity index (χ3n) is 3.65. The van der Waals surface area contributed by atoms with E-state index in [0.29, 0.717) is 12.5 Å². The molecule has 4 nitrogen and oxygen atoms in total. The van der Waals surface area contributed by atoms with Crippen molar-refractivity contribution in [1.82, 2.24) is 10.6 Å². The molecular formula is C13H24N2O2S. The van der Waals surface area contributed by atoms with Crippen LogP contribution in [0.2, 0.25) is 0 Å². The van der Waals surface area contributed by atoms with Gasteiger partial charge in [-0.2, -0.15) is 11.8 Å².